The van der Waals surface area contributed by atoms with E-state index in [0.29, 0.717) is 13.0 Å². The van der Waals surface area contributed by atoms with Gasteiger partial charge in [0.2, 0.25) is 6.33 Å². The lowest BCUT2D eigenvalue weighted by Gasteiger charge is -2.04. The normalized spacial score (nSPS) is 12.0. The standard InChI is InChI=1S/C10H16F3N2/c1-2-14-7-8-15(9-14)6-4-3-5-10(11,12)13/h7-9H,2-6H2,1H3/q+1. The van der Waals surface area contributed by atoms with Crippen LogP contribution >= 0.6 is 0 Å². The van der Waals surface area contributed by atoms with Crippen LogP contribution in [0.3, 0.4) is 0 Å². The molecule has 0 aliphatic carbocycles. The van der Waals surface area contributed by atoms with Gasteiger partial charge in [0.25, 0.3) is 0 Å². The van der Waals surface area contributed by atoms with Crippen LogP contribution in [-0.2, 0) is 13.1 Å². The first-order chi connectivity index (χ1) is 7.01. The summed E-state index contributed by atoms with van der Waals surface area (Å²) in [4.78, 5) is 0. The molecule has 1 aromatic heterocycles. The Balaban J connectivity index is 2.20. The van der Waals surface area contributed by atoms with Crippen LogP contribution in [-0.4, -0.2) is 10.7 Å². The van der Waals surface area contributed by atoms with E-state index >= 15 is 0 Å². The lowest BCUT2D eigenvalue weighted by molar-refractivity contribution is -0.697. The molecule has 1 heterocycles. The van der Waals surface area contributed by atoms with Crippen molar-refractivity contribution < 1.29 is 17.7 Å². The van der Waals surface area contributed by atoms with Gasteiger partial charge < -0.3 is 0 Å². The molecule has 0 atom stereocenters. The molecule has 2 nitrogen and oxygen atoms in total. The molecule has 0 unspecified atom stereocenters. The lowest BCUT2D eigenvalue weighted by Crippen LogP contribution is -2.31. The van der Waals surface area contributed by atoms with E-state index in [1.165, 1.54) is 0 Å². The Morgan fingerprint density at radius 2 is 2.00 bits per heavy atom. The van der Waals surface area contributed by atoms with Crippen molar-refractivity contribution in [1.82, 2.24) is 4.57 Å². The third kappa shape index (κ3) is 4.85. The van der Waals surface area contributed by atoms with Gasteiger partial charge >= 0.3 is 6.18 Å². The van der Waals surface area contributed by atoms with E-state index in [9.17, 15) is 13.2 Å². The van der Waals surface area contributed by atoms with Crippen molar-refractivity contribution in [2.24, 2.45) is 0 Å². The fourth-order valence-corrected chi connectivity index (χ4v) is 1.38. The molecule has 1 aromatic rings. The van der Waals surface area contributed by atoms with E-state index in [1.807, 2.05) is 34.8 Å². The van der Waals surface area contributed by atoms with Crippen LogP contribution in [0.25, 0.3) is 0 Å². The topological polar surface area (TPSA) is 8.81 Å². The van der Waals surface area contributed by atoms with E-state index in [4.69, 9.17) is 0 Å². The summed E-state index contributed by atoms with van der Waals surface area (Å²) in [6, 6.07) is 0. The number of aromatic nitrogens is 2. The van der Waals surface area contributed by atoms with Crippen LogP contribution in [0.5, 0.6) is 0 Å². The van der Waals surface area contributed by atoms with Crippen LogP contribution in [0.15, 0.2) is 18.7 Å². The largest absolute Gasteiger partial charge is 0.389 e. The van der Waals surface area contributed by atoms with Crippen molar-refractivity contribution in [3.63, 3.8) is 0 Å². The second-order valence-corrected chi connectivity index (χ2v) is 3.55. The summed E-state index contributed by atoms with van der Waals surface area (Å²) in [7, 11) is 0. The smallest absolute Gasteiger partial charge is 0.237 e. The summed E-state index contributed by atoms with van der Waals surface area (Å²) in [5.74, 6) is 0. The minimum absolute atomic E-state index is 0.202. The quantitative estimate of drug-likeness (QED) is 0.533. The molecule has 0 radical (unpaired) electrons. The van der Waals surface area contributed by atoms with Crippen molar-refractivity contribution in [2.75, 3.05) is 0 Å². The zero-order chi connectivity index (χ0) is 11.3. The summed E-state index contributed by atoms with van der Waals surface area (Å²) >= 11 is 0. The van der Waals surface area contributed by atoms with Crippen LogP contribution in [0.2, 0.25) is 0 Å². The first-order valence-corrected chi connectivity index (χ1v) is 5.13. The molecule has 0 saturated heterocycles. The minimum atomic E-state index is -4.01. The number of nitrogens with zero attached hydrogens (tertiary/aromatic N) is 2. The Labute approximate surface area is 87.3 Å². The fourth-order valence-electron chi connectivity index (χ4n) is 1.38. The third-order valence-electron chi connectivity index (χ3n) is 2.24. The van der Waals surface area contributed by atoms with Crippen molar-refractivity contribution in [2.45, 2.75) is 45.5 Å². The Morgan fingerprint density at radius 1 is 1.27 bits per heavy atom. The van der Waals surface area contributed by atoms with Gasteiger partial charge in [0.15, 0.2) is 0 Å². The predicted molar refractivity (Wildman–Crippen MR) is 50.2 cm³/mol. The van der Waals surface area contributed by atoms with Crippen molar-refractivity contribution in [1.29, 1.82) is 0 Å². The molecule has 0 amide bonds. The molecule has 0 fully saturated rings. The van der Waals surface area contributed by atoms with Crippen LogP contribution < -0.4 is 4.57 Å². The Kier molecular flexibility index (Phi) is 4.17. The molecule has 0 N–H and O–H groups in total. The zero-order valence-corrected chi connectivity index (χ0v) is 8.80. The van der Waals surface area contributed by atoms with Gasteiger partial charge in [-0.05, 0) is 19.8 Å². The zero-order valence-electron chi connectivity index (χ0n) is 8.80. The highest BCUT2D eigenvalue weighted by Gasteiger charge is 2.25. The molecular formula is C10H16F3N2+. The van der Waals surface area contributed by atoms with Crippen LogP contribution in [0.4, 0.5) is 13.2 Å². The number of rotatable bonds is 5. The molecule has 0 bridgehead atoms. The summed E-state index contributed by atoms with van der Waals surface area (Å²) in [6.45, 7) is 3.56. The summed E-state index contributed by atoms with van der Waals surface area (Å²) in [5, 5.41) is 0. The van der Waals surface area contributed by atoms with Crippen molar-refractivity contribution >= 4 is 0 Å². The Hall–Kier alpha value is -1.00. The van der Waals surface area contributed by atoms with Gasteiger partial charge in [0.05, 0.1) is 13.1 Å². The number of halogens is 3. The lowest BCUT2D eigenvalue weighted by atomic mass is 10.2. The number of alkyl halides is 3. The number of hydrogen-bond donors (Lipinski definition) is 0. The molecule has 15 heavy (non-hydrogen) atoms. The second-order valence-electron chi connectivity index (χ2n) is 3.55. The van der Waals surface area contributed by atoms with Crippen LogP contribution in [0, 0.1) is 0 Å². The molecule has 0 spiro atoms. The summed E-state index contributed by atoms with van der Waals surface area (Å²) in [5.41, 5.74) is 0. The molecular weight excluding hydrogens is 205 g/mol. The van der Waals surface area contributed by atoms with Gasteiger partial charge in [-0.3, -0.25) is 0 Å². The molecule has 0 saturated carbocycles. The number of aryl methyl sites for hydroxylation is 2. The Bertz CT molecular complexity index is 291. The van der Waals surface area contributed by atoms with Gasteiger partial charge in [0, 0.05) is 6.42 Å². The van der Waals surface area contributed by atoms with E-state index < -0.39 is 12.6 Å². The monoisotopic (exact) mass is 221 g/mol. The van der Waals surface area contributed by atoms with E-state index in [2.05, 4.69) is 0 Å². The number of unbranched alkanes of at least 4 members (excludes halogenated alkanes) is 1. The highest BCUT2D eigenvalue weighted by molar-refractivity contribution is 4.64. The maximum Gasteiger partial charge on any atom is 0.389 e. The van der Waals surface area contributed by atoms with Crippen molar-refractivity contribution in [3.05, 3.63) is 18.7 Å². The Morgan fingerprint density at radius 3 is 2.53 bits per heavy atom. The first-order valence-electron chi connectivity index (χ1n) is 5.13. The molecule has 0 aliphatic heterocycles. The van der Waals surface area contributed by atoms with Crippen LogP contribution in [0.1, 0.15) is 26.2 Å². The maximum absolute atomic E-state index is 11.8. The van der Waals surface area contributed by atoms with E-state index in [0.717, 1.165) is 6.54 Å². The van der Waals surface area contributed by atoms with E-state index in [-0.39, 0.29) is 6.42 Å². The average molecular weight is 221 g/mol. The molecule has 1 rings (SSSR count). The molecule has 0 aromatic carbocycles. The second kappa shape index (κ2) is 5.19. The number of hydrogen-bond acceptors (Lipinski definition) is 0. The summed E-state index contributed by atoms with van der Waals surface area (Å²) in [6.07, 6.45) is 1.79. The SMILES string of the molecule is CCn1cc[n+](CCCCC(F)(F)F)c1. The van der Waals surface area contributed by atoms with E-state index in [1.54, 1.807) is 0 Å². The van der Waals surface area contributed by atoms with Gasteiger partial charge in [-0.2, -0.15) is 13.2 Å². The minimum Gasteiger partial charge on any atom is -0.237 e. The van der Waals surface area contributed by atoms with Gasteiger partial charge in [0.1, 0.15) is 12.4 Å². The summed E-state index contributed by atoms with van der Waals surface area (Å²) < 4.78 is 39.4. The molecule has 5 heteroatoms. The average Bonchev–Trinajstić information content (AvgIpc) is 2.59. The number of imidazole rings is 1. The van der Waals surface area contributed by atoms with Gasteiger partial charge in [-0.25, -0.2) is 9.13 Å². The van der Waals surface area contributed by atoms with Crippen molar-refractivity contribution in [3.8, 4) is 0 Å². The highest BCUT2D eigenvalue weighted by atomic mass is 19.4. The van der Waals surface area contributed by atoms with Gasteiger partial charge in [-0.15, -0.1) is 0 Å². The maximum atomic E-state index is 11.8. The molecule has 0 aliphatic rings. The fraction of sp³-hybridized carbons (Fsp3) is 0.700. The highest BCUT2D eigenvalue weighted by Crippen LogP contribution is 2.21. The predicted octanol–water partition coefficient (Wildman–Crippen LogP) is 2.53. The first kappa shape index (κ1) is 12.1. The van der Waals surface area contributed by atoms with Gasteiger partial charge in [-0.1, -0.05) is 0 Å². The third-order valence-corrected chi connectivity index (χ3v) is 2.24. The molecule has 86 valence electrons.